The summed E-state index contributed by atoms with van der Waals surface area (Å²) in [7, 11) is 0. The lowest BCUT2D eigenvalue weighted by atomic mass is 9.95. The smallest absolute Gasteiger partial charge is 0.125 e. The molecular formula is C15H14N4S. The van der Waals surface area contributed by atoms with Gasteiger partial charge in [-0.05, 0) is 61.2 Å². The van der Waals surface area contributed by atoms with Crippen LogP contribution in [0.1, 0.15) is 29.7 Å². The summed E-state index contributed by atoms with van der Waals surface area (Å²) in [5, 5.41) is 10.7. The summed E-state index contributed by atoms with van der Waals surface area (Å²) >= 11 is 1.37. The van der Waals surface area contributed by atoms with Gasteiger partial charge in [0.1, 0.15) is 16.1 Å². The monoisotopic (exact) mass is 282 g/mol. The van der Waals surface area contributed by atoms with Crippen LogP contribution in [0, 0.1) is 11.3 Å². The van der Waals surface area contributed by atoms with E-state index in [0.717, 1.165) is 18.5 Å². The number of hydrogen-bond acceptors (Lipinski definition) is 5. The number of hydrogen-bond donors (Lipinski definition) is 1. The molecule has 4 nitrogen and oxygen atoms in total. The minimum Gasteiger partial charge on any atom is -0.397 e. The van der Waals surface area contributed by atoms with Crippen molar-refractivity contribution in [3.63, 3.8) is 0 Å². The Morgan fingerprint density at radius 2 is 2.10 bits per heavy atom. The molecule has 0 radical (unpaired) electrons. The van der Waals surface area contributed by atoms with E-state index in [9.17, 15) is 5.26 Å². The van der Waals surface area contributed by atoms with E-state index in [1.54, 1.807) is 18.3 Å². The number of nitriles is 1. The summed E-state index contributed by atoms with van der Waals surface area (Å²) in [6.07, 6.45) is 6.06. The van der Waals surface area contributed by atoms with Gasteiger partial charge in [-0.15, -0.1) is 0 Å². The zero-order valence-electron chi connectivity index (χ0n) is 11.0. The van der Waals surface area contributed by atoms with Crippen molar-refractivity contribution in [2.45, 2.75) is 35.7 Å². The highest BCUT2D eigenvalue weighted by molar-refractivity contribution is 7.99. The van der Waals surface area contributed by atoms with Gasteiger partial charge in [0.15, 0.2) is 0 Å². The molecule has 0 spiro atoms. The fraction of sp³-hybridized carbons (Fsp3) is 0.267. The highest BCUT2D eigenvalue weighted by Crippen LogP contribution is 2.33. The van der Waals surface area contributed by atoms with Crippen LogP contribution in [0.15, 0.2) is 34.4 Å². The van der Waals surface area contributed by atoms with Crippen LogP contribution in [0.25, 0.3) is 0 Å². The standard InChI is InChI=1S/C15H14N4S/c16-9-11-8-10-4-1-2-6-13(10)19-14(11)20-15-12(17)5-3-7-18-15/h3,5,7-8H,1-2,4,6,17H2. The third-order valence-electron chi connectivity index (χ3n) is 3.38. The van der Waals surface area contributed by atoms with Crippen molar-refractivity contribution in [3.8, 4) is 6.07 Å². The molecule has 0 atom stereocenters. The Morgan fingerprint density at radius 3 is 2.90 bits per heavy atom. The second-order valence-corrected chi connectivity index (χ2v) is 5.74. The van der Waals surface area contributed by atoms with E-state index in [-0.39, 0.29) is 0 Å². The molecular weight excluding hydrogens is 268 g/mol. The van der Waals surface area contributed by atoms with E-state index in [4.69, 9.17) is 5.73 Å². The minimum atomic E-state index is 0.612. The van der Waals surface area contributed by atoms with E-state index >= 15 is 0 Å². The number of aromatic nitrogens is 2. The van der Waals surface area contributed by atoms with Crippen LogP contribution >= 0.6 is 11.8 Å². The number of nitrogens with zero attached hydrogens (tertiary/aromatic N) is 3. The van der Waals surface area contributed by atoms with E-state index < -0.39 is 0 Å². The molecule has 0 unspecified atom stereocenters. The van der Waals surface area contributed by atoms with Gasteiger partial charge in [-0.1, -0.05) is 0 Å². The number of anilines is 1. The predicted octanol–water partition coefficient (Wildman–Crippen LogP) is 2.96. The predicted molar refractivity (Wildman–Crippen MR) is 78.4 cm³/mol. The van der Waals surface area contributed by atoms with E-state index in [1.807, 2.05) is 6.07 Å². The normalized spacial score (nSPS) is 13.6. The van der Waals surface area contributed by atoms with Crippen molar-refractivity contribution in [2.24, 2.45) is 0 Å². The van der Waals surface area contributed by atoms with Gasteiger partial charge >= 0.3 is 0 Å². The number of rotatable bonds is 2. The number of fused-ring (bicyclic) bond motifs is 1. The largest absolute Gasteiger partial charge is 0.397 e. The number of nitrogen functional groups attached to an aromatic ring is 1. The molecule has 5 heteroatoms. The Bertz CT molecular complexity index is 691. The Hall–Kier alpha value is -2.06. The molecule has 0 aromatic carbocycles. The Kier molecular flexibility index (Phi) is 3.57. The maximum absolute atomic E-state index is 9.31. The first-order valence-electron chi connectivity index (χ1n) is 6.59. The Labute approximate surface area is 122 Å². The highest BCUT2D eigenvalue weighted by atomic mass is 32.2. The summed E-state index contributed by atoms with van der Waals surface area (Å²) in [6, 6.07) is 7.81. The molecule has 0 aliphatic heterocycles. The van der Waals surface area contributed by atoms with Crippen molar-refractivity contribution in [1.82, 2.24) is 9.97 Å². The molecule has 0 saturated heterocycles. The van der Waals surface area contributed by atoms with Crippen LogP contribution in [-0.4, -0.2) is 9.97 Å². The lowest BCUT2D eigenvalue weighted by Crippen LogP contribution is -2.07. The van der Waals surface area contributed by atoms with Crippen LogP contribution < -0.4 is 5.73 Å². The molecule has 0 bridgehead atoms. The zero-order chi connectivity index (χ0) is 13.9. The molecule has 100 valence electrons. The Balaban J connectivity index is 2.01. The quantitative estimate of drug-likeness (QED) is 0.916. The summed E-state index contributed by atoms with van der Waals surface area (Å²) in [4.78, 5) is 8.91. The lowest BCUT2D eigenvalue weighted by molar-refractivity contribution is 0.660. The Morgan fingerprint density at radius 1 is 1.25 bits per heavy atom. The van der Waals surface area contributed by atoms with E-state index in [0.29, 0.717) is 21.3 Å². The van der Waals surface area contributed by atoms with Gasteiger partial charge in [-0.3, -0.25) is 0 Å². The van der Waals surface area contributed by atoms with Crippen molar-refractivity contribution in [2.75, 3.05) is 5.73 Å². The zero-order valence-corrected chi connectivity index (χ0v) is 11.8. The fourth-order valence-corrected chi connectivity index (χ4v) is 3.21. The van der Waals surface area contributed by atoms with E-state index in [1.165, 1.54) is 30.2 Å². The fourth-order valence-electron chi connectivity index (χ4n) is 2.35. The third-order valence-corrected chi connectivity index (χ3v) is 4.42. The van der Waals surface area contributed by atoms with Crippen LogP contribution in [-0.2, 0) is 12.8 Å². The summed E-state index contributed by atoms with van der Waals surface area (Å²) in [5.41, 5.74) is 9.46. The van der Waals surface area contributed by atoms with Crippen LogP contribution in [0.4, 0.5) is 5.69 Å². The van der Waals surface area contributed by atoms with E-state index in [2.05, 4.69) is 16.0 Å². The molecule has 0 fully saturated rings. The van der Waals surface area contributed by atoms with Gasteiger partial charge in [-0.2, -0.15) is 5.26 Å². The van der Waals surface area contributed by atoms with Crippen LogP contribution in [0.2, 0.25) is 0 Å². The van der Waals surface area contributed by atoms with Crippen molar-refractivity contribution in [3.05, 3.63) is 41.2 Å². The van der Waals surface area contributed by atoms with Crippen LogP contribution in [0.3, 0.4) is 0 Å². The van der Waals surface area contributed by atoms with Gasteiger partial charge in [0, 0.05) is 11.9 Å². The molecule has 1 aliphatic rings. The average Bonchev–Trinajstić information content (AvgIpc) is 2.49. The SMILES string of the molecule is N#Cc1cc2c(nc1Sc1ncccc1N)CCCC2. The molecule has 2 heterocycles. The summed E-state index contributed by atoms with van der Waals surface area (Å²) in [6.45, 7) is 0. The second-order valence-electron chi connectivity index (χ2n) is 4.77. The third kappa shape index (κ3) is 2.47. The van der Waals surface area contributed by atoms with Crippen molar-refractivity contribution < 1.29 is 0 Å². The topological polar surface area (TPSA) is 75.6 Å². The summed E-state index contributed by atoms with van der Waals surface area (Å²) < 4.78 is 0. The molecule has 1 aliphatic carbocycles. The molecule has 3 rings (SSSR count). The average molecular weight is 282 g/mol. The molecule has 2 aromatic rings. The van der Waals surface area contributed by atoms with Gasteiger partial charge in [-0.25, -0.2) is 9.97 Å². The molecule has 0 saturated carbocycles. The minimum absolute atomic E-state index is 0.612. The molecule has 20 heavy (non-hydrogen) atoms. The highest BCUT2D eigenvalue weighted by Gasteiger charge is 2.16. The maximum Gasteiger partial charge on any atom is 0.125 e. The lowest BCUT2D eigenvalue weighted by Gasteiger charge is -2.16. The van der Waals surface area contributed by atoms with Gasteiger partial charge in [0.05, 0.1) is 11.3 Å². The van der Waals surface area contributed by atoms with Crippen molar-refractivity contribution in [1.29, 1.82) is 5.26 Å². The van der Waals surface area contributed by atoms with Gasteiger partial charge in [0.25, 0.3) is 0 Å². The van der Waals surface area contributed by atoms with Crippen molar-refractivity contribution >= 4 is 17.4 Å². The first-order valence-corrected chi connectivity index (χ1v) is 7.41. The number of aryl methyl sites for hydroxylation is 2. The molecule has 2 aromatic heterocycles. The number of pyridine rings is 2. The first kappa shape index (κ1) is 12.9. The van der Waals surface area contributed by atoms with Gasteiger partial charge in [0.2, 0.25) is 0 Å². The maximum atomic E-state index is 9.31. The number of nitrogens with two attached hydrogens (primary N) is 1. The van der Waals surface area contributed by atoms with Crippen LogP contribution in [0.5, 0.6) is 0 Å². The first-order chi connectivity index (χ1) is 9.78. The van der Waals surface area contributed by atoms with Gasteiger partial charge < -0.3 is 5.73 Å². The summed E-state index contributed by atoms with van der Waals surface area (Å²) in [5.74, 6) is 0. The molecule has 2 N–H and O–H groups in total. The second kappa shape index (κ2) is 5.51. The molecule has 0 amide bonds.